The molecule has 0 bridgehead atoms. The highest BCUT2D eigenvalue weighted by Crippen LogP contribution is 2.55. The second kappa shape index (κ2) is 8.50. The van der Waals surface area contributed by atoms with E-state index < -0.39 is 82.5 Å². The minimum atomic E-state index is -2.97. The number of Topliss-reactive ketones (excluding diaryl/α,β-unsaturated/α-hetero) is 5. The fraction of sp³-hybridized carbons (Fsp3) is 0.357. The van der Waals surface area contributed by atoms with Gasteiger partial charge >= 0.3 is 0 Å². The molecule has 10 heteroatoms. The van der Waals surface area contributed by atoms with E-state index in [0.717, 1.165) is 0 Å². The molecule has 1 amide bonds. The van der Waals surface area contributed by atoms with E-state index in [2.05, 4.69) is 0 Å². The monoisotopic (exact) mass is 519 g/mol. The molecule has 5 rings (SSSR count). The van der Waals surface area contributed by atoms with Crippen LogP contribution in [0.25, 0.3) is 11.1 Å². The maximum Gasteiger partial charge on any atom is 0.235 e. The van der Waals surface area contributed by atoms with Gasteiger partial charge in [0.15, 0.2) is 40.4 Å². The SMILES string of the molecule is CC(=O)c1cccc(-c2ccc(O)c3c2[C@H](C)[C@@H]2C(C3=O)C(=O)[C@]3(O)C(=O)C(C(N)=O)C(=O)C[C@@H]3[C@H]2O)c1. The van der Waals surface area contributed by atoms with Gasteiger partial charge in [0.05, 0.1) is 17.6 Å². The Morgan fingerprint density at radius 1 is 1.05 bits per heavy atom. The third kappa shape index (κ3) is 3.26. The van der Waals surface area contributed by atoms with Crippen LogP contribution in [0.2, 0.25) is 0 Å². The molecule has 3 aliphatic rings. The number of phenols is 1. The van der Waals surface area contributed by atoms with E-state index in [4.69, 9.17) is 5.73 Å². The van der Waals surface area contributed by atoms with Crippen LogP contribution in [0.3, 0.4) is 0 Å². The molecule has 38 heavy (non-hydrogen) atoms. The van der Waals surface area contributed by atoms with Gasteiger partial charge in [-0.3, -0.25) is 28.8 Å². The first-order valence-electron chi connectivity index (χ1n) is 12.1. The number of primary amides is 1. The number of aromatic hydroxyl groups is 1. The third-order valence-electron chi connectivity index (χ3n) is 8.42. The molecular weight excluding hydrogens is 494 g/mol. The zero-order valence-electron chi connectivity index (χ0n) is 20.5. The van der Waals surface area contributed by atoms with Gasteiger partial charge in [-0.25, -0.2) is 0 Å². The van der Waals surface area contributed by atoms with Gasteiger partial charge in [-0.1, -0.05) is 31.2 Å². The van der Waals surface area contributed by atoms with Crippen LogP contribution >= 0.6 is 0 Å². The second-order valence-electron chi connectivity index (χ2n) is 10.4. The first-order chi connectivity index (χ1) is 17.8. The summed E-state index contributed by atoms with van der Waals surface area (Å²) in [6.07, 6.45) is -2.32. The van der Waals surface area contributed by atoms with Crippen LogP contribution in [0.4, 0.5) is 0 Å². The lowest BCUT2D eigenvalue weighted by Gasteiger charge is -2.53. The van der Waals surface area contributed by atoms with Crippen molar-refractivity contribution in [1.82, 2.24) is 0 Å². The van der Waals surface area contributed by atoms with E-state index in [1.54, 1.807) is 37.3 Å². The molecule has 10 nitrogen and oxygen atoms in total. The van der Waals surface area contributed by atoms with Crippen LogP contribution in [0.1, 0.15) is 52.5 Å². The Labute approximate surface area is 216 Å². The third-order valence-corrected chi connectivity index (χ3v) is 8.42. The molecule has 5 N–H and O–H groups in total. The smallest absolute Gasteiger partial charge is 0.235 e. The van der Waals surface area contributed by atoms with E-state index in [-0.39, 0.29) is 11.3 Å². The summed E-state index contributed by atoms with van der Waals surface area (Å²) >= 11 is 0. The van der Waals surface area contributed by atoms with E-state index in [9.17, 15) is 44.1 Å². The number of aliphatic hydroxyl groups is 2. The Hall–Kier alpha value is -4.02. The van der Waals surface area contributed by atoms with Gasteiger partial charge in [-0.2, -0.15) is 0 Å². The van der Waals surface area contributed by atoms with Gasteiger partial charge < -0.3 is 21.1 Å². The van der Waals surface area contributed by atoms with Crippen LogP contribution in [-0.4, -0.2) is 61.8 Å². The Bertz CT molecular complexity index is 1480. The molecule has 2 unspecified atom stereocenters. The number of benzene rings is 2. The van der Waals surface area contributed by atoms with Crippen molar-refractivity contribution in [2.24, 2.45) is 29.4 Å². The Balaban J connectivity index is 1.70. The van der Waals surface area contributed by atoms with Gasteiger partial charge in [0.2, 0.25) is 5.91 Å². The fourth-order valence-corrected chi connectivity index (χ4v) is 6.59. The van der Waals surface area contributed by atoms with Gasteiger partial charge in [-0.05, 0) is 41.7 Å². The summed E-state index contributed by atoms with van der Waals surface area (Å²) in [5.74, 6) is -13.7. The highest BCUT2D eigenvalue weighted by molar-refractivity contribution is 6.31. The highest BCUT2D eigenvalue weighted by Gasteiger charge is 2.70. The molecule has 2 saturated carbocycles. The molecule has 0 aromatic heterocycles. The predicted molar refractivity (Wildman–Crippen MR) is 130 cm³/mol. The zero-order chi connectivity index (χ0) is 27.8. The van der Waals surface area contributed by atoms with Crippen LogP contribution in [-0.2, 0) is 19.2 Å². The van der Waals surface area contributed by atoms with Crippen molar-refractivity contribution >= 4 is 34.8 Å². The summed E-state index contributed by atoms with van der Waals surface area (Å²) in [4.78, 5) is 77.0. The maximum absolute atomic E-state index is 13.8. The van der Waals surface area contributed by atoms with E-state index >= 15 is 0 Å². The quantitative estimate of drug-likeness (QED) is 0.334. The lowest BCUT2D eigenvalue weighted by Crippen LogP contribution is -2.72. The number of ketones is 5. The maximum atomic E-state index is 13.8. The first-order valence-corrected chi connectivity index (χ1v) is 12.1. The normalized spacial score (nSPS) is 32.3. The number of nitrogens with two attached hydrogens (primary N) is 1. The number of hydrogen-bond donors (Lipinski definition) is 4. The van der Waals surface area contributed by atoms with Gasteiger partial charge in [0.25, 0.3) is 0 Å². The number of amides is 1. The number of aliphatic hydroxyl groups excluding tert-OH is 1. The average molecular weight is 520 g/mol. The standard InChI is InChI=1S/C28H25NO9/c1-10-18-14(13-5-3-4-12(8-13)11(2)30)6-7-16(31)20(18)24(34)22-19(10)23(33)15-9-17(32)21(27(29)37)25(35)28(15,38)26(22)36/h3-8,10,15,19,21-23,31,33,38H,9H2,1-2H3,(H2,29,37)/t10-,15+,19+,21?,22?,23+,28+/m0/s1. The molecule has 196 valence electrons. The summed E-state index contributed by atoms with van der Waals surface area (Å²) in [7, 11) is 0. The van der Waals surface area contributed by atoms with Crippen LogP contribution in [0.15, 0.2) is 36.4 Å². The summed E-state index contributed by atoms with van der Waals surface area (Å²) in [6, 6.07) is 9.47. The minimum absolute atomic E-state index is 0.183. The molecule has 2 fully saturated rings. The molecule has 3 aliphatic carbocycles. The summed E-state index contributed by atoms with van der Waals surface area (Å²) in [6.45, 7) is 3.04. The van der Waals surface area contributed by atoms with Crippen molar-refractivity contribution in [2.75, 3.05) is 0 Å². The molecule has 0 saturated heterocycles. The number of fused-ring (bicyclic) bond motifs is 3. The highest BCUT2D eigenvalue weighted by atomic mass is 16.3. The predicted octanol–water partition coefficient (Wildman–Crippen LogP) is 0.728. The summed E-state index contributed by atoms with van der Waals surface area (Å²) in [5, 5.41) is 33.5. The Morgan fingerprint density at radius 3 is 2.37 bits per heavy atom. The molecular formula is C28H25NO9. The van der Waals surface area contributed by atoms with E-state index in [1.165, 1.54) is 13.0 Å². The lowest BCUT2D eigenvalue weighted by molar-refractivity contribution is -0.189. The fourth-order valence-electron chi connectivity index (χ4n) is 6.59. The zero-order valence-corrected chi connectivity index (χ0v) is 20.5. The largest absolute Gasteiger partial charge is 0.507 e. The van der Waals surface area contributed by atoms with Crippen molar-refractivity contribution in [1.29, 1.82) is 0 Å². The van der Waals surface area contributed by atoms with Crippen molar-refractivity contribution in [3.05, 3.63) is 53.1 Å². The molecule has 0 radical (unpaired) electrons. The van der Waals surface area contributed by atoms with Crippen LogP contribution in [0, 0.1) is 23.7 Å². The Kier molecular flexibility index (Phi) is 5.73. The number of phenolic OH excluding ortho intramolecular Hbond substituents is 1. The number of carbonyl (C=O) groups excluding carboxylic acids is 6. The average Bonchev–Trinajstić information content (AvgIpc) is 2.86. The van der Waals surface area contributed by atoms with Crippen molar-refractivity contribution in [2.45, 2.75) is 37.9 Å². The van der Waals surface area contributed by atoms with Crippen LogP contribution < -0.4 is 5.73 Å². The van der Waals surface area contributed by atoms with Crippen LogP contribution in [0.5, 0.6) is 5.75 Å². The molecule has 0 spiro atoms. The molecule has 2 aromatic carbocycles. The number of hydrogen-bond acceptors (Lipinski definition) is 9. The minimum Gasteiger partial charge on any atom is -0.507 e. The number of rotatable bonds is 3. The summed E-state index contributed by atoms with van der Waals surface area (Å²) < 4.78 is 0. The van der Waals surface area contributed by atoms with E-state index in [1.807, 2.05) is 0 Å². The molecule has 2 aromatic rings. The summed E-state index contributed by atoms with van der Waals surface area (Å²) in [5.41, 5.74) is 3.82. The number of carbonyl (C=O) groups is 6. The molecule has 0 aliphatic heterocycles. The topological polar surface area (TPSA) is 189 Å². The van der Waals surface area contributed by atoms with Gasteiger partial charge in [0.1, 0.15) is 5.75 Å². The molecule has 7 atom stereocenters. The van der Waals surface area contributed by atoms with Gasteiger partial charge in [-0.15, -0.1) is 0 Å². The van der Waals surface area contributed by atoms with Crippen molar-refractivity contribution < 1.29 is 44.1 Å². The lowest BCUT2D eigenvalue weighted by atomic mass is 9.50. The van der Waals surface area contributed by atoms with Gasteiger partial charge in [0, 0.05) is 23.8 Å². The van der Waals surface area contributed by atoms with Crippen molar-refractivity contribution in [3.63, 3.8) is 0 Å². The Morgan fingerprint density at radius 2 is 1.74 bits per heavy atom. The first kappa shape index (κ1) is 25.6. The second-order valence-corrected chi connectivity index (χ2v) is 10.4. The van der Waals surface area contributed by atoms with E-state index in [0.29, 0.717) is 22.3 Å². The van der Waals surface area contributed by atoms with Crippen molar-refractivity contribution in [3.8, 4) is 16.9 Å². The molecule has 0 heterocycles.